The van der Waals surface area contributed by atoms with E-state index < -0.39 is 0 Å². The second-order valence-corrected chi connectivity index (χ2v) is 6.08. The van der Waals surface area contributed by atoms with Crippen molar-refractivity contribution in [3.8, 4) is 0 Å². The molecule has 0 aromatic carbocycles. The summed E-state index contributed by atoms with van der Waals surface area (Å²) in [5.41, 5.74) is 0. The highest BCUT2D eigenvalue weighted by Gasteiger charge is 2.29. The van der Waals surface area contributed by atoms with E-state index in [0.717, 1.165) is 13.0 Å². The minimum absolute atomic E-state index is 0.0426. The fourth-order valence-electron chi connectivity index (χ4n) is 3.18. The molecule has 2 unspecified atom stereocenters. The molecule has 1 saturated carbocycles. The van der Waals surface area contributed by atoms with E-state index in [1.165, 1.54) is 32.2 Å². The van der Waals surface area contributed by atoms with Gasteiger partial charge in [0.1, 0.15) is 0 Å². The van der Waals surface area contributed by atoms with E-state index in [-0.39, 0.29) is 6.10 Å². The van der Waals surface area contributed by atoms with Crippen LogP contribution in [0, 0.1) is 11.8 Å². The molecular formula is C15H31NO. The smallest absolute Gasteiger partial charge is 0.0580 e. The Morgan fingerprint density at radius 2 is 1.82 bits per heavy atom. The standard InChI is InChI=1S/C15H31NO/c1-5-14(6-2)16(10-12(3)4)11-13-8-7-9-15(13)17/h12-15,17H,5-11H2,1-4H3. The summed E-state index contributed by atoms with van der Waals surface area (Å²) >= 11 is 0. The van der Waals surface area contributed by atoms with Gasteiger partial charge in [-0.2, -0.15) is 0 Å². The van der Waals surface area contributed by atoms with Crippen LogP contribution in [0.1, 0.15) is 59.8 Å². The first-order chi connectivity index (χ1) is 8.08. The first-order valence-electron chi connectivity index (χ1n) is 7.50. The van der Waals surface area contributed by atoms with E-state index in [9.17, 15) is 5.11 Å². The summed E-state index contributed by atoms with van der Waals surface area (Å²) in [5.74, 6) is 1.24. The minimum atomic E-state index is -0.0426. The average molecular weight is 241 g/mol. The topological polar surface area (TPSA) is 23.5 Å². The Kier molecular flexibility index (Phi) is 6.50. The van der Waals surface area contributed by atoms with Gasteiger partial charge in [0.2, 0.25) is 0 Å². The quantitative estimate of drug-likeness (QED) is 0.739. The molecule has 0 spiro atoms. The molecule has 1 aliphatic rings. The van der Waals surface area contributed by atoms with E-state index in [1.807, 2.05) is 0 Å². The Morgan fingerprint density at radius 1 is 1.18 bits per heavy atom. The van der Waals surface area contributed by atoms with E-state index >= 15 is 0 Å². The molecule has 102 valence electrons. The van der Waals surface area contributed by atoms with Crippen molar-refractivity contribution < 1.29 is 5.11 Å². The van der Waals surface area contributed by atoms with Crippen molar-refractivity contribution in [3.63, 3.8) is 0 Å². The zero-order chi connectivity index (χ0) is 12.8. The minimum Gasteiger partial charge on any atom is -0.393 e. The van der Waals surface area contributed by atoms with Crippen LogP contribution in [0.2, 0.25) is 0 Å². The van der Waals surface area contributed by atoms with Crippen molar-refractivity contribution in [2.24, 2.45) is 11.8 Å². The van der Waals surface area contributed by atoms with Gasteiger partial charge >= 0.3 is 0 Å². The molecule has 0 aromatic rings. The number of nitrogens with zero attached hydrogens (tertiary/aromatic N) is 1. The molecule has 0 heterocycles. The van der Waals surface area contributed by atoms with Gasteiger partial charge < -0.3 is 5.11 Å². The summed E-state index contributed by atoms with van der Waals surface area (Å²) in [5, 5.41) is 9.97. The molecule has 0 aromatic heterocycles. The third-order valence-electron chi connectivity index (χ3n) is 4.15. The predicted molar refractivity (Wildman–Crippen MR) is 74.1 cm³/mol. The summed E-state index contributed by atoms with van der Waals surface area (Å²) in [6.45, 7) is 11.4. The molecule has 1 N–H and O–H groups in total. The van der Waals surface area contributed by atoms with E-state index in [0.29, 0.717) is 17.9 Å². The van der Waals surface area contributed by atoms with Gasteiger partial charge in [-0.05, 0) is 37.5 Å². The van der Waals surface area contributed by atoms with E-state index in [2.05, 4.69) is 32.6 Å². The lowest BCUT2D eigenvalue weighted by Crippen LogP contribution is -2.42. The zero-order valence-corrected chi connectivity index (χ0v) is 12.2. The number of hydrogen-bond donors (Lipinski definition) is 1. The Balaban J connectivity index is 2.55. The highest BCUT2D eigenvalue weighted by Crippen LogP contribution is 2.27. The first kappa shape index (κ1) is 15.0. The van der Waals surface area contributed by atoms with E-state index in [1.54, 1.807) is 0 Å². The highest BCUT2D eigenvalue weighted by atomic mass is 16.3. The molecule has 17 heavy (non-hydrogen) atoms. The Hall–Kier alpha value is -0.0800. The Morgan fingerprint density at radius 3 is 2.24 bits per heavy atom. The van der Waals surface area contributed by atoms with Gasteiger partial charge in [0.25, 0.3) is 0 Å². The van der Waals surface area contributed by atoms with Crippen molar-refractivity contribution in [2.75, 3.05) is 13.1 Å². The van der Waals surface area contributed by atoms with Crippen LogP contribution in [-0.4, -0.2) is 35.2 Å². The number of hydrogen-bond acceptors (Lipinski definition) is 2. The second-order valence-electron chi connectivity index (χ2n) is 6.08. The van der Waals surface area contributed by atoms with Gasteiger partial charge in [0.15, 0.2) is 0 Å². The molecule has 1 fully saturated rings. The van der Waals surface area contributed by atoms with Crippen molar-refractivity contribution in [2.45, 2.75) is 71.9 Å². The van der Waals surface area contributed by atoms with Crippen LogP contribution in [0.5, 0.6) is 0 Å². The molecule has 1 rings (SSSR count). The third-order valence-corrected chi connectivity index (χ3v) is 4.15. The van der Waals surface area contributed by atoms with Gasteiger partial charge in [-0.25, -0.2) is 0 Å². The molecule has 0 amide bonds. The normalized spacial score (nSPS) is 25.4. The zero-order valence-electron chi connectivity index (χ0n) is 12.2. The van der Waals surface area contributed by atoms with E-state index in [4.69, 9.17) is 0 Å². The summed E-state index contributed by atoms with van der Waals surface area (Å²) in [6.07, 6.45) is 5.86. The van der Waals surface area contributed by atoms with Crippen molar-refractivity contribution >= 4 is 0 Å². The summed E-state index contributed by atoms with van der Waals surface area (Å²) in [7, 11) is 0. The molecule has 2 atom stereocenters. The van der Waals surface area contributed by atoms with Gasteiger partial charge in [-0.15, -0.1) is 0 Å². The van der Waals surface area contributed by atoms with Gasteiger partial charge in [-0.1, -0.05) is 34.1 Å². The van der Waals surface area contributed by atoms with Crippen LogP contribution in [0.25, 0.3) is 0 Å². The fraction of sp³-hybridized carbons (Fsp3) is 1.00. The first-order valence-corrected chi connectivity index (χ1v) is 7.50. The molecule has 1 aliphatic carbocycles. The van der Waals surface area contributed by atoms with Crippen molar-refractivity contribution in [1.82, 2.24) is 4.90 Å². The Bertz CT molecular complexity index is 201. The molecular weight excluding hydrogens is 210 g/mol. The van der Waals surface area contributed by atoms with Gasteiger partial charge in [0.05, 0.1) is 6.10 Å². The third kappa shape index (κ3) is 4.59. The van der Waals surface area contributed by atoms with Crippen LogP contribution in [-0.2, 0) is 0 Å². The maximum Gasteiger partial charge on any atom is 0.0580 e. The van der Waals surface area contributed by atoms with Crippen LogP contribution >= 0.6 is 0 Å². The lowest BCUT2D eigenvalue weighted by Gasteiger charge is -2.34. The molecule has 0 aliphatic heterocycles. The Labute approximate surface area is 107 Å². The van der Waals surface area contributed by atoms with Gasteiger partial charge in [-0.3, -0.25) is 4.90 Å². The maximum atomic E-state index is 9.97. The summed E-state index contributed by atoms with van der Waals surface area (Å²) in [6, 6.07) is 0.699. The number of rotatable bonds is 7. The lowest BCUT2D eigenvalue weighted by atomic mass is 10.0. The number of aliphatic hydroxyl groups is 1. The van der Waals surface area contributed by atoms with Crippen molar-refractivity contribution in [1.29, 1.82) is 0 Å². The van der Waals surface area contributed by atoms with Crippen LogP contribution in [0.3, 0.4) is 0 Å². The van der Waals surface area contributed by atoms with Crippen LogP contribution < -0.4 is 0 Å². The van der Waals surface area contributed by atoms with Gasteiger partial charge in [0, 0.05) is 19.1 Å². The summed E-state index contributed by atoms with van der Waals surface area (Å²) in [4.78, 5) is 2.63. The SMILES string of the molecule is CCC(CC)N(CC(C)C)CC1CCCC1O. The predicted octanol–water partition coefficient (Wildman–Crippen LogP) is 3.29. The molecule has 2 heteroatoms. The van der Waals surface area contributed by atoms with Crippen LogP contribution in [0.15, 0.2) is 0 Å². The molecule has 0 radical (unpaired) electrons. The summed E-state index contributed by atoms with van der Waals surface area (Å²) < 4.78 is 0. The molecule has 0 saturated heterocycles. The van der Waals surface area contributed by atoms with Crippen LogP contribution in [0.4, 0.5) is 0 Å². The second kappa shape index (κ2) is 7.38. The monoisotopic (exact) mass is 241 g/mol. The fourth-order valence-corrected chi connectivity index (χ4v) is 3.18. The van der Waals surface area contributed by atoms with Crippen molar-refractivity contribution in [3.05, 3.63) is 0 Å². The maximum absolute atomic E-state index is 9.97. The highest BCUT2D eigenvalue weighted by molar-refractivity contribution is 4.82. The molecule has 0 bridgehead atoms. The largest absolute Gasteiger partial charge is 0.393 e. The number of aliphatic hydroxyl groups excluding tert-OH is 1. The average Bonchev–Trinajstić information content (AvgIpc) is 2.65. The molecule has 2 nitrogen and oxygen atoms in total. The lowest BCUT2D eigenvalue weighted by molar-refractivity contribution is 0.0761.